The maximum Gasteiger partial charge on any atom is 0.171 e. The van der Waals surface area contributed by atoms with Crippen LogP contribution in [0.15, 0.2) is 138 Å². The number of carbonyl (C=O) groups excluding carboxylic acids is 1. The Morgan fingerprint density at radius 2 is 1.35 bits per heavy atom. The molecule has 240 valence electrons. The van der Waals surface area contributed by atoms with Gasteiger partial charge in [0.15, 0.2) is 12.9 Å². The fourth-order valence-electron chi connectivity index (χ4n) is 9.51. The van der Waals surface area contributed by atoms with Gasteiger partial charge in [0, 0.05) is 39.2 Å². The van der Waals surface area contributed by atoms with Gasteiger partial charge in [-0.1, -0.05) is 127 Å². The van der Waals surface area contributed by atoms with Gasteiger partial charge in [-0.15, -0.1) is 0 Å². The normalized spacial score (nSPS) is 28.0. The highest BCUT2D eigenvalue weighted by Crippen LogP contribution is 2.66. The van der Waals surface area contributed by atoms with E-state index in [1.165, 1.54) is 22.3 Å². The Morgan fingerprint density at radius 3 is 2.00 bits per heavy atom. The monoisotopic (exact) mass is 648 g/mol. The Bertz CT molecular complexity index is 1990. The summed E-state index contributed by atoms with van der Waals surface area (Å²) < 4.78 is 15.1. The summed E-state index contributed by atoms with van der Waals surface area (Å²) in [5.74, 6) is 7.70. The number of rotatable bonds is 4. The zero-order valence-electron chi connectivity index (χ0n) is 27.4. The maximum atomic E-state index is 15.1. The molecule has 0 amide bonds. The number of aliphatic hydroxyl groups is 1. The summed E-state index contributed by atoms with van der Waals surface area (Å²) in [5, 5.41) is 14.9. The van der Waals surface area contributed by atoms with Gasteiger partial charge in [0.2, 0.25) is 0 Å². The highest BCUT2D eigenvalue weighted by molar-refractivity contribution is 7.85. The third kappa shape index (κ3) is 5.01. The topological polar surface area (TPSA) is 54.4 Å². The van der Waals surface area contributed by atoms with E-state index in [1.807, 2.05) is 97.1 Å². The van der Waals surface area contributed by atoms with E-state index in [1.54, 1.807) is 0 Å². The third-order valence-corrected chi connectivity index (χ3v) is 15.0. The quantitative estimate of drug-likeness (QED) is 0.180. The van der Waals surface area contributed by atoms with Gasteiger partial charge in [-0.3, -0.25) is 4.79 Å². The second-order valence-corrected chi connectivity index (χ2v) is 17.2. The van der Waals surface area contributed by atoms with Crippen molar-refractivity contribution in [3.63, 3.8) is 0 Å². The van der Waals surface area contributed by atoms with Gasteiger partial charge >= 0.3 is 0 Å². The fourth-order valence-corrected chi connectivity index (χ4v) is 12.2. The van der Waals surface area contributed by atoms with Crippen molar-refractivity contribution in [3.05, 3.63) is 149 Å². The maximum absolute atomic E-state index is 15.1. The molecule has 4 aromatic rings. The third-order valence-electron chi connectivity index (χ3n) is 12.0. The molecular weight excluding hydrogens is 607 g/mol. The van der Waals surface area contributed by atoms with Gasteiger partial charge in [0.1, 0.15) is 5.60 Å². The summed E-state index contributed by atoms with van der Waals surface area (Å²) in [5.41, 5.74) is 4.68. The van der Waals surface area contributed by atoms with Crippen LogP contribution in [0.2, 0.25) is 0 Å². The van der Waals surface area contributed by atoms with Crippen LogP contribution < -0.4 is 15.9 Å². The predicted molar refractivity (Wildman–Crippen MR) is 194 cm³/mol. The van der Waals surface area contributed by atoms with Crippen LogP contribution in [-0.2, 0) is 9.36 Å². The van der Waals surface area contributed by atoms with Crippen molar-refractivity contribution in [1.29, 1.82) is 0 Å². The molecule has 0 saturated heterocycles. The summed E-state index contributed by atoms with van der Waals surface area (Å²) in [6, 6.07) is 38.1. The van der Waals surface area contributed by atoms with E-state index < -0.39 is 18.2 Å². The van der Waals surface area contributed by atoms with Crippen LogP contribution in [-0.4, -0.2) is 16.5 Å². The standard InChI is InChI=1S/C44H41O3P/c1-43-30-40(32-17-21-37(22-18-32)48(47,35-13-7-3-8-14-35)36-15-9-4-10-16-36)42-38-24-20-34(45)29-33(38)19-23-39(42)41(43)26-28-44(43,46)27-25-31-11-5-2-6-12-31/h2-18,21-22,29,39-41,46H,19-20,23-24,26,28,30H2,1H3/t39-,40+,41-,43-,44-/m0/s1. The Labute approximate surface area is 284 Å². The van der Waals surface area contributed by atoms with Gasteiger partial charge < -0.3 is 9.67 Å². The van der Waals surface area contributed by atoms with Crippen molar-refractivity contribution < 1.29 is 14.5 Å². The number of allylic oxidation sites excluding steroid dienone is 4. The number of hydrogen-bond acceptors (Lipinski definition) is 3. The molecule has 0 spiro atoms. The Hall–Kier alpha value is -4.22. The van der Waals surface area contributed by atoms with E-state index in [4.69, 9.17) is 0 Å². The van der Waals surface area contributed by atoms with Crippen molar-refractivity contribution >= 4 is 28.8 Å². The molecule has 0 radical (unpaired) electrons. The molecule has 48 heavy (non-hydrogen) atoms. The zero-order valence-corrected chi connectivity index (χ0v) is 28.3. The number of carbonyl (C=O) groups is 1. The Balaban J connectivity index is 1.24. The lowest BCUT2D eigenvalue weighted by Gasteiger charge is -2.53. The molecule has 0 aromatic heterocycles. The minimum Gasteiger partial charge on any atom is -0.377 e. The first kappa shape index (κ1) is 31.1. The highest BCUT2D eigenvalue weighted by atomic mass is 31.2. The van der Waals surface area contributed by atoms with E-state index in [-0.39, 0.29) is 11.7 Å². The lowest BCUT2D eigenvalue weighted by Crippen LogP contribution is -2.51. The molecule has 0 unspecified atom stereocenters. The largest absolute Gasteiger partial charge is 0.377 e. The second kappa shape index (κ2) is 12.0. The summed E-state index contributed by atoms with van der Waals surface area (Å²) >= 11 is 0. The van der Waals surface area contributed by atoms with Gasteiger partial charge in [-0.2, -0.15) is 0 Å². The fraction of sp³-hybridized carbons (Fsp3) is 0.295. The van der Waals surface area contributed by atoms with Crippen LogP contribution in [0.25, 0.3) is 0 Å². The first-order valence-corrected chi connectivity index (χ1v) is 19.1. The molecule has 8 rings (SSSR count). The van der Waals surface area contributed by atoms with E-state index in [0.717, 1.165) is 53.6 Å². The molecule has 0 bridgehead atoms. The molecule has 4 aliphatic carbocycles. The van der Waals surface area contributed by atoms with Crippen LogP contribution in [0.5, 0.6) is 0 Å². The molecule has 0 aliphatic heterocycles. The molecule has 4 heteroatoms. The summed E-state index contributed by atoms with van der Waals surface area (Å²) in [4.78, 5) is 12.5. The van der Waals surface area contributed by atoms with E-state index in [9.17, 15) is 9.90 Å². The average molecular weight is 649 g/mol. The number of fused-ring (bicyclic) bond motifs is 4. The second-order valence-electron chi connectivity index (χ2n) is 14.4. The minimum absolute atomic E-state index is 0.0770. The molecule has 3 nitrogen and oxygen atoms in total. The van der Waals surface area contributed by atoms with Crippen LogP contribution in [0.4, 0.5) is 0 Å². The Morgan fingerprint density at radius 1 is 0.750 bits per heavy atom. The Kier molecular flexibility index (Phi) is 7.79. The van der Waals surface area contributed by atoms with Crippen molar-refractivity contribution in [2.45, 2.75) is 63.4 Å². The molecule has 1 N–H and O–H groups in total. The first-order chi connectivity index (χ1) is 23.3. The molecule has 2 fully saturated rings. The highest BCUT2D eigenvalue weighted by Gasteiger charge is 2.62. The van der Waals surface area contributed by atoms with Crippen molar-refractivity contribution in [3.8, 4) is 11.8 Å². The zero-order chi connectivity index (χ0) is 32.9. The van der Waals surface area contributed by atoms with Crippen LogP contribution in [0.1, 0.15) is 68.9 Å². The molecular formula is C44H41O3P. The first-order valence-electron chi connectivity index (χ1n) is 17.4. The van der Waals surface area contributed by atoms with Gasteiger partial charge in [0.25, 0.3) is 0 Å². The SMILES string of the molecule is C[C@]12C[C@H](c3ccc(P(=O)(c4ccccc4)c4ccccc4)cc3)C3=C4CCC(=O)C=C4CC[C@H]3[C@@H]1CC[C@@]2(O)C#Cc1ccccc1. The van der Waals surface area contributed by atoms with E-state index >= 15 is 4.57 Å². The molecule has 5 atom stereocenters. The number of hydrogen-bond donors (Lipinski definition) is 1. The van der Waals surface area contributed by atoms with Crippen LogP contribution in [0, 0.1) is 29.1 Å². The number of ketones is 1. The summed E-state index contributed by atoms with van der Waals surface area (Å²) in [6.45, 7) is 2.28. The summed E-state index contributed by atoms with van der Waals surface area (Å²) in [6.07, 6.45) is 7.56. The van der Waals surface area contributed by atoms with Crippen molar-refractivity contribution in [2.75, 3.05) is 0 Å². The molecule has 0 heterocycles. The lowest BCUT2D eigenvalue weighted by molar-refractivity contribution is -0.114. The van der Waals surface area contributed by atoms with E-state index in [0.29, 0.717) is 24.7 Å². The van der Waals surface area contributed by atoms with Gasteiger partial charge in [-0.25, -0.2) is 0 Å². The van der Waals surface area contributed by atoms with Gasteiger partial charge in [-0.05, 0) is 85.3 Å². The molecule has 2 saturated carbocycles. The van der Waals surface area contributed by atoms with Gasteiger partial charge in [0.05, 0.1) is 0 Å². The molecule has 4 aliphatic rings. The minimum atomic E-state index is -3.10. The smallest absolute Gasteiger partial charge is 0.171 e. The average Bonchev–Trinajstić information content (AvgIpc) is 3.40. The van der Waals surface area contributed by atoms with Crippen molar-refractivity contribution in [2.24, 2.45) is 17.3 Å². The predicted octanol–water partition coefficient (Wildman–Crippen LogP) is 8.01. The van der Waals surface area contributed by atoms with Crippen LogP contribution in [0.3, 0.4) is 0 Å². The lowest BCUT2D eigenvalue weighted by atomic mass is 9.51. The van der Waals surface area contributed by atoms with Crippen LogP contribution >= 0.6 is 7.14 Å². The molecule has 4 aromatic carbocycles. The summed E-state index contributed by atoms with van der Waals surface area (Å²) in [7, 11) is -3.10. The number of benzene rings is 4. The van der Waals surface area contributed by atoms with E-state index in [2.05, 4.69) is 43.0 Å². The van der Waals surface area contributed by atoms with Crippen molar-refractivity contribution in [1.82, 2.24) is 0 Å².